The Kier molecular flexibility index (Phi) is 2.87. The molecule has 1 aromatic carbocycles. The van der Waals surface area contributed by atoms with Gasteiger partial charge < -0.3 is 29.5 Å². The van der Waals surface area contributed by atoms with Crippen molar-refractivity contribution in [2.24, 2.45) is 0 Å². The number of ether oxygens (including phenoxy) is 3. The van der Waals surface area contributed by atoms with Crippen molar-refractivity contribution in [3.8, 4) is 11.5 Å². The molecule has 18 heavy (non-hydrogen) atoms. The van der Waals surface area contributed by atoms with Gasteiger partial charge in [0.2, 0.25) is 0 Å². The summed E-state index contributed by atoms with van der Waals surface area (Å²) in [5, 5.41) is 28.4. The van der Waals surface area contributed by atoms with Gasteiger partial charge in [-0.3, -0.25) is 0 Å². The molecule has 6 nitrogen and oxygen atoms in total. The largest absolute Gasteiger partial charge is 0.508 e. The van der Waals surface area contributed by atoms with Crippen LogP contribution in [0.1, 0.15) is 0 Å². The smallest absolute Gasteiger partial charge is 0.187 e. The van der Waals surface area contributed by atoms with E-state index >= 15 is 0 Å². The van der Waals surface area contributed by atoms with E-state index < -0.39 is 24.6 Å². The minimum atomic E-state index is -0.838. The Morgan fingerprint density at radius 2 is 1.89 bits per heavy atom. The number of rotatable bonds is 3. The Labute approximate surface area is 103 Å². The van der Waals surface area contributed by atoms with Crippen LogP contribution in [0.5, 0.6) is 11.5 Å². The van der Waals surface area contributed by atoms with Crippen molar-refractivity contribution in [3.05, 3.63) is 24.3 Å². The minimum absolute atomic E-state index is 0.132. The van der Waals surface area contributed by atoms with Gasteiger partial charge in [-0.15, -0.1) is 0 Å². The topological polar surface area (TPSA) is 91.7 Å². The molecule has 5 atom stereocenters. The van der Waals surface area contributed by atoms with Crippen molar-refractivity contribution >= 4 is 0 Å². The van der Waals surface area contributed by atoms with Crippen molar-refractivity contribution in [1.29, 1.82) is 0 Å². The van der Waals surface area contributed by atoms with Crippen molar-refractivity contribution in [2.75, 3.05) is 6.61 Å². The zero-order valence-corrected chi connectivity index (χ0v) is 9.47. The predicted molar refractivity (Wildman–Crippen MR) is 59.1 cm³/mol. The SMILES string of the molecule is OCC1O[C@@H]2OC2C(O)[C@H]1Oc1ccc(O)cc1. The molecule has 3 rings (SSSR count). The molecule has 3 N–H and O–H groups in total. The average molecular weight is 254 g/mol. The molecule has 0 radical (unpaired) electrons. The van der Waals surface area contributed by atoms with Gasteiger partial charge in [-0.2, -0.15) is 0 Å². The monoisotopic (exact) mass is 254 g/mol. The van der Waals surface area contributed by atoms with Crippen molar-refractivity contribution in [2.45, 2.75) is 30.7 Å². The Morgan fingerprint density at radius 1 is 1.17 bits per heavy atom. The molecular formula is C12H14O6. The van der Waals surface area contributed by atoms with Gasteiger partial charge in [0.05, 0.1) is 6.61 Å². The third-order valence-corrected chi connectivity index (χ3v) is 3.12. The lowest BCUT2D eigenvalue weighted by atomic mass is 10.0. The Balaban J connectivity index is 1.74. The fourth-order valence-corrected chi connectivity index (χ4v) is 2.09. The highest BCUT2D eigenvalue weighted by Crippen LogP contribution is 2.37. The summed E-state index contributed by atoms with van der Waals surface area (Å²) in [5.74, 6) is 0.616. The van der Waals surface area contributed by atoms with E-state index in [4.69, 9.17) is 14.2 Å². The first kappa shape index (κ1) is 11.7. The maximum absolute atomic E-state index is 10.0. The number of phenols is 1. The molecule has 0 aromatic heterocycles. The van der Waals surface area contributed by atoms with E-state index in [-0.39, 0.29) is 18.5 Å². The Hall–Kier alpha value is -1.34. The third-order valence-electron chi connectivity index (χ3n) is 3.12. The number of aromatic hydroxyl groups is 1. The molecule has 0 bridgehead atoms. The summed E-state index contributed by atoms with van der Waals surface area (Å²) in [5.41, 5.74) is 0. The molecule has 3 unspecified atom stereocenters. The van der Waals surface area contributed by atoms with Crippen LogP contribution < -0.4 is 4.74 Å². The summed E-state index contributed by atoms with van der Waals surface area (Å²) in [6.45, 7) is -0.258. The standard InChI is InChI=1S/C12H14O6/c13-5-8-10(9(15)11-12(17-8)18-11)16-7-3-1-6(14)2-4-7/h1-4,8-15H,5H2/t8?,9?,10-,11?,12+/m0/s1. The van der Waals surface area contributed by atoms with Gasteiger partial charge in [-0.25, -0.2) is 0 Å². The van der Waals surface area contributed by atoms with Crippen LogP contribution in [0.2, 0.25) is 0 Å². The van der Waals surface area contributed by atoms with Gasteiger partial charge in [0, 0.05) is 0 Å². The van der Waals surface area contributed by atoms with Crippen LogP contribution in [0, 0.1) is 0 Å². The van der Waals surface area contributed by atoms with Crippen LogP contribution >= 0.6 is 0 Å². The molecule has 1 aromatic rings. The predicted octanol–water partition coefficient (Wildman–Crippen LogP) is -0.384. The van der Waals surface area contributed by atoms with Crippen molar-refractivity contribution in [1.82, 2.24) is 0 Å². The quantitative estimate of drug-likeness (QED) is 0.637. The van der Waals surface area contributed by atoms with E-state index in [0.29, 0.717) is 5.75 Å². The van der Waals surface area contributed by atoms with E-state index in [1.54, 1.807) is 12.1 Å². The van der Waals surface area contributed by atoms with Gasteiger partial charge in [-0.1, -0.05) is 0 Å². The van der Waals surface area contributed by atoms with E-state index in [0.717, 1.165) is 0 Å². The van der Waals surface area contributed by atoms with Crippen molar-refractivity contribution < 1.29 is 29.5 Å². The summed E-state index contributed by atoms with van der Waals surface area (Å²) in [7, 11) is 0. The summed E-state index contributed by atoms with van der Waals surface area (Å²) in [4.78, 5) is 0. The molecule has 6 heteroatoms. The van der Waals surface area contributed by atoms with Crippen LogP contribution in [0.4, 0.5) is 0 Å². The molecular weight excluding hydrogens is 240 g/mol. The van der Waals surface area contributed by atoms with Crippen LogP contribution in [0.25, 0.3) is 0 Å². The number of benzene rings is 1. The first-order chi connectivity index (χ1) is 8.69. The molecule has 2 heterocycles. The second-order valence-corrected chi connectivity index (χ2v) is 4.39. The van der Waals surface area contributed by atoms with Crippen LogP contribution in [-0.2, 0) is 9.47 Å². The number of aliphatic hydroxyl groups excluding tert-OH is 2. The summed E-state index contributed by atoms with van der Waals surface area (Å²) >= 11 is 0. The highest BCUT2D eigenvalue weighted by Gasteiger charge is 2.57. The van der Waals surface area contributed by atoms with Gasteiger partial charge >= 0.3 is 0 Å². The first-order valence-electron chi connectivity index (χ1n) is 5.74. The van der Waals surface area contributed by atoms with Gasteiger partial charge in [0.25, 0.3) is 0 Å². The molecule has 0 amide bonds. The lowest BCUT2D eigenvalue weighted by Crippen LogP contribution is -2.52. The van der Waals surface area contributed by atoms with E-state index in [2.05, 4.69) is 0 Å². The molecule has 0 aliphatic carbocycles. The molecule has 2 fully saturated rings. The number of epoxide rings is 1. The Bertz CT molecular complexity index is 419. The first-order valence-corrected chi connectivity index (χ1v) is 5.74. The molecule has 2 saturated heterocycles. The number of fused-ring (bicyclic) bond motifs is 1. The minimum Gasteiger partial charge on any atom is -0.508 e. The van der Waals surface area contributed by atoms with Crippen LogP contribution in [-0.4, -0.2) is 52.6 Å². The van der Waals surface area contributed by atoms with Gasteiger partial charge in [0.15, 0.2) is 12.4 Å². The number of hydrogen-bond donors (Lipinski definition) is 3. The lowest BCUT2D eigenvalue weighted by molar-refractivity contribution is -0.134. The number of hydrogen-bond acceptors (Lipinski definition) is 6. The fourth-order valence-electron chi connectivity index (χ4n) is 2.09. The molecule has 0 spiro atoms. The average Bonchev–Trinajstić information content (AvgIpc) is 3.14. The highest BCUT2D eigenvalue weighted by atomic mass is 16.8. The highest BCUT2D eigenvalue weighted by molar-refractivity contribution is 5.30. The van der Waals surface area contributed by atoms with E-state index in [9.17, 15) is 15.3 Å². The summed E-state index contributed by atoms with van der Waals surface area (Å²) in [6, 6.07) is 6.12. The van der Waals surface area contributed by atoms with Gasteiger partial charge in [0.1, 0.15) is 29.8 Å². The summed E-state index contributed by atoms with van der Waals surface area (Å²) < 4.78 is 16.1. The fraction of sp³-hybridized carbons (Fsp3) is 0.500. The maximum atomic E-state index is 10.0. The second-order valence-electron chi connectivity index (χ2n) is 4.39. The number of aliphatic hydroxyl groups is 2. The second kappa shape index (κ2) is 4.40. The summed E-state index contributed by atoms with van der Waals surface area (Å²) in [6.07, 6.45) is -2.97. The third kappa shape index (κ3) is 2.04. The normalized spacial score (nSPS) is 38.0. The van der Waals surface area contributed by atoms with Crippen LogP contribution in [0.15, 0.2) is 24.3 Å². The molecule has 2 aliphatic heterocycles. The van der Waals surface area contributed by atoms with E-state index in [1.165, 1.54) is 12.1 Å². The lowest BCUT2D eigenvalue weighted by Gasteiger charge is -2.32. The van der Waals surface area contributed by atoms with Crippen molar-refractivity contribution in [3.63, 3.8) is 0 Å². The zero-order valence-electron chi connectivity index (χ0n) is 9.47. The maximum Gasteiger partial charge on any atom is 0.187 e. The Morgan fingerprint density at radius 3 is 2.56 bits per heavy atom. The molecule has 98 valence electrons. The number of phenolic OH excluding ortho intramolecular Hbond substituents is 1. The van der Waals surface area contributed by atoms with Gasteiger partial charge in [-0.05, 0) is 24.3 Å². The van der Waals surface area contributed by atoms with Crippen LogP contribution in [0.3, 0.4) is 0 Å². The molecule has 0 saturated carbocycles. The van der Waals surface area contributed by atoms with E-state index in [1.807, 2.05) is 0 Å². The molecule has 2 aliphatic rings. The zero-order chi connectivity index (χ0) is 12.7.